The molecule has 0 saturated carbocycles. The summed E-state index contributed by atoms with van der Waals surface area (Å²) in [6.07, 6.45) is 2.33. The molecule has 0 fully saturated rings. The van der Waals surface area contributed by atoms with Gasteiger partial charge in [-0.3, -0.25) is 9.59 Å². The molecule has 0 spiro atoms. The highest BCUT2D eigenvalue weighted by molar-refractivity contribution is 5.88. The van der Waals surface area contributed by atoms with Crippen molar-refractivity contribution < 1.29 is 9.59 Å². The van der Waals surface area contributed by atoms with E-state index in [9.17, 15) is 9.59 Å². The summed E-state index contributed by atoms with van der Waals surface area (Å²) in [5, 5.41) is 3.04. The highest BCUT2D eigenvalue weighted by Crippen LogP contribution is 2.23. The predicted molar refractivity (Wildman–Crippen MR) is 148 cm³/mol. The van der Waals surface area contributed by atoms with Crippen molar-refractivity contribution in [2.45, 2.75) is 71.4 Å². The smallest absolute Gasteiger partial charge is 0.243 e. The van der Waals surface area contributed by atoms with Crippen molar-refractivity contribution in [3.63, 3.8) is 0 Å². The van der Waals surface area contributed by atoms with Crippen LogP contribution in [-0.2, 0) is 34.4 Å². The van der Waals surface area contributed by atoms with E-state index in [1.54, 1.807) is 4.90 Å². The summed E-state index contributed by atoms with van der Waals surface area (Å²) in [6.45, 7) is 9.62. The number of hydrogen-bond acceptors (Lipinski definition) is 2. The third-order valence-electron chi connectivity index (χ3n) is 6.46. The summed E-state index contributed by atoms with van der Waals surface area (Å²) < 4.78 is 0. The fraction of sp³-hybridized carbons (Fsp3) is 0.375. The average Bonchev–Trinajstić information content (AvgIpc) is 2.88. The minimum absolute atomic E-state index is 0.00803. The lowest BCUT2D eigenvalue weighted by atomic mass is 9.86. The molecule has 3 aromatic rings. The zero-order valence-corrected chi connectivity index (χ0v) is 22.2. The van der Waals surface area contributed by atoms with Crippen LogP contribution in [-0.4, -0.2) is 29.3 Å². The van der Waals surface area contributed by atoms with Crippen molar-refractivity contribution in [2.75, 3.05) is 6.54 Å². The highest BCUT2D eigenvalue weighted by Gasteiger charge is 2.30. The van der Waals surface area contributed by atoms with E-state index in [2.05, 4.69) is 50.4 Å². The molecule has 0 aliphatic heterocycles. The number of aryl methyl sites for hydroxylation is 1. The summed E-state index contributed by atoms with van der Waals surface area (Å²) in [7, 11) is 0. The number of hydrogen-bond donors (Lipinski definition) is 1. The maximum atomic E-state index is 13.7. The monoisotopic (exact) mass is 484 g/mol. The van der Waals surface area contributed by atoms with Crippen molar-refractivity contribution >= 4 is 11.8 Å². The van der Waals surface area contributed by atoms with Crippen LogP contribution >= 0.6 is 0 Å². The van der Waals surface area contributed by atoms with E-state index in [0.717, 1.165) is 23.1 Å². The highest BCUT2D eigenvalue weighted by atomic mass is 16.2. The van der Waals surface area contributed by atoms with Crippen molar-refractivity contribution in [3.05, 3.63) is 107 Å². The van der Waals surface area contributed by atoms with E-state index < -0.39 is 6.04 Å². The Kier molecular flexibility index (Phi) is 9.86. The van der Waals surface area contributed by atoms with Gasteiger partial charge in [0, 0.05) is 25.9 Å². The minimum atomic E-state index is -0.574. The normalized spacial score (nSPS) is 12.1. The molecule has 0 aliphatic rings. The van der Waals surface area contributed by atoms with Gasteiger partial charge in [-0.2, -0.15) is 0 Å². The van der Waals surface area contributed by atoms with Crippen molar-refractivity contribution in [3.8, 4) is 0 Å². The first-order valence-electron chi connectivity index (χ1n) is 13.0. The summed E-state index contributed by atoms with van der Waals surface area (Å²) in [4.78, 5) is 28.8. The molecule has 0 bridgehead atoms. The van der Waals surface area contributed by atoms with Gasteiger partial charge in [0.05, 0.1) is 0 Å². The largest absolute Gasteiger partial charge is 0.354 e. The first kappa shape index (κ1) is 27.2. The molecule has 36 heavy (non-hydrogen) atoms. The summed E-state index contributed by atoms with van der Waals surface area (Å²) in [5.74, 6) is -0.106. The Morgan fingerprint density at radius 1 is 0.806 bits per heavy atom. The molecule has 0 unspecified atom stereocenters. The molecule has 1 N–H and O–H groups in total. The van der Waals surface area contributed by atoms with Crippen LogP contribution in [0.1, 0.15) is 62.8 Å². The van der Waals surface area contributed by atoms with Crippen LogP contribution in [0.4, 0.5) is 0 Å². The first-order chi connectivity index (χ1) is 17.3. The summed E-state index contributed by atoms with van der Waals surface area (Å²) >= 11 is 0. The molecule has 4 nitrogen and oxygen atoms in total. The van der Waals surface area contributed by atoms with Crippen molar-refractivity contribution in [2.24, 2.45) is 0 Å². The molecule has 3 rings (SSSR count). The molecule has 190 valence electrons. The number of rotatable bonds is 11. The maximum Gasteiger partial charge on any atom is 0.243 e. The van der Waals surface area contributed by atoms with Crippen LogP contribution < -0.4 is 5.32 Å². The molecular formula is C32H40N2O2. The maximum absolute atomic E-state index is 13.7. The average molecular weight is 485 g/mol. The van der Waals surface area contributed by atoms with Gasteiger partial charge in [-0.25, -0.2) is 0 Å². The number of nitrogens with zero attached hydrogens (tertiary/aromatic N) is 1. The SMILES string of the molecule is CCCNC(=O)[C@H](Cc1ccccc1)N(Cc1ccccc1)C(=O)CCc1ccc(C(C)(C)C)cc1. The van der Waals surface area contributed by atoms with Crippen LogP contribution in [0.15, 0.2) is 84.9 Å². The number of amides is 2. The Hall–Kier alpha value is -3.40. The second kappa shape index (κ2) is 13.1. The fourth-order valence-electron chi connectivity index (χ4n) is 4.27. The molecule has 0 saturated heterocycles. The minimum Gasteiger partial charge on any atom is -0.354 e. The third-order valence-corrected chi connectivity index (χ3v) is 6.46. The van der Waals surface area contributed by atoms with Crippen molar-refractivity contribution in [1.29, 1.82) is 0 Å². The Morgan fingerprint density at radius 2 is 1.39 bits per heavy atom. The van der Waals surface area contributed by atoms with E-state index in [1.807, 2.05) is 67.6 Å². The second-order valence-electron chi connectivity index (χ2n) is 10.5. The Morgan fingerprint density at radius 3 is 1.94 bits per heavy atom. The van der Waals surface area contributed by atoms with Gasteiger partial charge in [0.15, 0.2) is 0 Å². The standard InChI is InChI=1S/C32H40N2O2/c1-5-22-33-31(36)29(23-26-12-8-6-9-13-26)34(24-27-14-10-7-11-15-27)30(35)21-18-25-16-19-28(20-17-25)32(2,3)4/h6-17,19-20,29H,5,18,21-24H2,1-4H3,(H,33,36)/t29-/m0/s1. The van der Waals surface area contributed by atoms with Gasteiger partial charge in [-0.15, -0.1) is 0 Å². The Balaban J connectivity index is 1.84. The van der Waals surface area contributed by atoms with Crippen LogP contribution in [0.3, 0.4) is 0 Å². The number of nitrogens with one attached hydrogen (secondary N) is 1. The van der Waals surface area contributed by atoms with Crippen LogP contribution in [0.2, 0.25) is 0 Å². The first-order valence-corrected chi connectivity index (χ1v) is 13.0. The predicted octanol–water partition coefficient (Wildman–Crippen LogP) is 6.08. The van der Waals surface area contributed by atoms with Gasteiger partial charge >= 0.3 is 0 Å². The molecule has 3 aromatic carbocycles. The summed E-state index contributed by atoms with van der Waals surface area (Å²) in [6, 6.07) is 27.8. The molecule has 0 radical (unpaired) electrons. The molecule has 4 heteroatoms. The molecule has 0 aromatic heterocycles. The molecule has 0 aliphatic carbocycles. The summed E-state index contributed by atoms with van der Waals surface area (Å²) in [5.41, 5.74) is 4.56. The van der Waals surface area contributed by atoms with Gasteiger partial charge in [-0.05, 0) is 40.5 Å². The Labute approximate surface area is 216 Å². The number of benzene rings is 3. The van der Waals surface area contributed by atoms with Crippen LogP contribution in [0, 0.1) is 0 Å². The lowest BCUT2D eigenvalue weighted by Crippen LogP contribution is -2.50. The zero-order chi connectivity index (χ0) is 26.0. The van der Waals surface area contributed by atoms with E-state index in [-0.39, 0.29) is 17.2 Å². The second-order valence-corrected chi connectivity index (χ2v) is 10.5. The number of carbonyl (C=O) groups excluding carboxylic acids is 2. The molecule has 0 heterocycles. The molecular weight excluding hydrogens is 444 g/mol. The molecule has 2 amide bonds. The van der Waals surface area contributed by atoms with E-state index in [0.29, 0.717) is 32.4 Å². The quantitative estimate of drug-likeness (QED) is 0.358. The van der Waals surface area contributed by atoms with E-state index in [1.165, 1.54) is 5.56 Å². The Bertz CT molecular complexity index is 1090. The number of carbonyl (C=O) groups is 2. The molecule has 1 atom stereocenters. The van der Waals surface area contributed by atoms with E-state index >= 15 is 0 Å². The zero-order valence-electron chi connectivity index (χ0n) is 22.2. The van der Waals surface area contributed by atoms with E-state index in [4.69, 9.17) is 0 Å². The van der Waals surface area contributed by atoms with Gasteiger partial charge < -0.3 is 10.2 Å². The van der Waals surface area contributed by atoms with Gasteiger partial charge in [0.25, 0.3) is 0 Å². The van der Waals surface area contributed by atoms with Crippen LogP contribution in [0.5, 0.6) is 0 Å². The van der Waals surface area contributed by atoms with Gasteiger partial charge in [0.2, 0.25) is 11.8 Å². The fourth-order valence-corrected chi connectivity index (χ4v) is 4.27. The third kappa shape index (κ3) is 8.08. The van der Waals surface area contributed by atoms with Crippen molar-refractivity contribution in [1.82, 2.24) is 10.2 Å². The lowest BCUT2D eigenvalue weighted by molar-refractivity contribution is -0.141. The van der Waals surface area contributed by atoms with Gasteiger partial charge in [-0.1, -0.05) is 113 Å². The van der Waals surface area contributed by atoms with Gasteiger partial charge in [0.1, 0.15) is 6.04 Å². The topological polar surface area (TPSA) is 49.4 Å². The van der Waals surface area contributed by atoms with Crippen LogP contribution in [0.25, 0.3) is 0 Å². The lowest BCUT2D eigenvalue weighted by Gasteiger charge is -2.31.